The van der Waals surface area contributed by atoms with E-state index in [1.807, 2.05) is 0 Å². The Labute approximate surface area is 244 Å². The lowest BCUT2D eigenvalue weighted by molar-refractivity contribution is -0.224. The van der Waals surface area contributed by atoms with Crippen LogP contribution < -0.4 is 4.74 Å². The van der Waals surface area contributed by atoms with Crippen molar-refractivity contribution >= 4 is 0 Å². The van der Waals surface area contributed by atoms with Crippen molar-refractivity contribution < 1.29 is 35.5 Å². The Kier molecular flexibility index (Phi) is 9.78. The van der Waals surface area contributed by atoms with E-state index in [9.17, 15) is 22.0 Å². The van der Waals surface area contributed by atoms with Gasteiger partial charge in [-0.25, -0.2) is 22.0 Å². The minimum absolute atomic E-state index is 0.0135. The van der Waals surface area contributed by atoms with Crippen molar-refractivity contribution in [2.45, 2.75) is 103 Å². The first-order chi connectivity index (χ1) is 20.0. The fourth-order valence-corrected chi connectivity index (χ4v) is 7.91. The summed E-state index contributed by atoms with van der Waals surface area (Å²) in [7, 11) is 0. The highest BCUT2D eigenvalue weighted by atomic mass is 19.3. The maximum atomic E-state index is 15.1. The van der Waals surface area contributed by atoms with Crippen molar-refractivity contribution in [3.05, 3.63) is 64.5 Å². The normalized spacial score (nSPS) is 29.0. The molecule has 5 rings (SSSR count). The van der Waals surface area contributed by atoms with Crippen LogP contribution in [0.4, 0.5) is 30.7 Å². The van der Waals surface area contributed by atoms with Gasteiger partial charge >= 0.3 is 6.11 Å². The van der Waals surface area contributed by atoms with Crippen LogP contribution in [-0.4, -0.2) is 6.11 Å². The van der Waals surface area contributed by atoms with Gasteiger partial charge in [0.15, 0.2) is 17.5 Å². The first kappa shape index (κ1) is 31.2. The molecule has 8 heteroatoms. The van der Waals surface area contributed by atoms with Crippen LogP contribution >= 0.6 is 0 Å². The number of halogens is 7. The van der Waals surface area contributed by atoms with Gasteiger partial charge in [-0.3, -0.25) is 0 Å². The molecule has 3 aliphatic carbocycles. The third-order valence-corrected chi connectivity index (χ3v) is 10.5. The van der Waals surface area contributed by atoms with Gasteiger partial charge in [0, 0.05) is 17.7 Å². The molecule has 2 aromatic carbocycles. The molecule has 1 nitrogen and oxygen atoms in total. The molecule has 0 unspecified atom stereocenters. The summed E-state index contributed by atoms with van der Waals surface area (Å²) in [6.07, 6.45) is 8.30. The predicted molar refractivity (Wildman–Crippen MR) is 148 cm³/mol. The summed E-state index contributed by atoms with van der Waals surface area (Å²) < 4.78 is 105. The molecule has 0 heterocycles. The van der Waals surface area contributed by atoms with Crippen LogP contribution in [0.15, 0.2) is 24.3 Å². The molecular weight excluding hydrogens is 557 g/mol. The first-order valence-corrected chi connectivity index (χ1v) is 15.7. The minimum Gasteiger partial charge on any atom is -0.432 e. The quantitative estimate of drug-likeness (QED) is 0.217. The summed E-state index contributed by atoms with van der Waals surface area (Å²) in [5, 5.41) is 0. The van der Waals surface area contributed by atoms with E-state index in [0.717, 1.165) is 42.0 Å². The van der Waals surface area contributed by atoms with Crippen LogP contribution in [0.2, 0.25) is 0 Å². The van der Waals surface area contributed by atoms with Crippen molar-refractivity contribution in [3.63, 3.8) is 0 Å². The maximum absolute atomic E-state index is 15.1. The van der Waals surface area contributed by atoms with Gasteiger partial charge in [0.1, 0.15) is 17.4 Å². The van der Waals surface area contributed by atoms with E-state index < -0.39 is 52.4 Å². The Morgan fingerprint density at radius 3 is 1.50 bits per heavy atom. The Hall–Kier alpha value is -2.25. The van der Waals surface area contributed by atoms with Gasteiger partial charge in [0.05, 0.1) is 5.92 Å². The number of hydrogen-bond acceptors (Lipinski definition) is 1. The molecule has 0 amide bonds. The van der Waals surface area contributed by atoms with Crippen LogP contribution in [0.25, 0.3) is 0 Å². The Morgan fingerprint density at radius 1 is 0.595 bits per heavy atom. The molecule has 3 aliphatic rings. The van der Waals surface area contributed by atoms with E-state index in [4.69, 9.17) is 4.74 Å². The molecule has 0 radical (unpaired) electrons. The van der Waals surface area contributed by atoms with Crippen molar-refractivity contribution in [2.75, 3.05) is 0 Å². The average molecular weight is 599 g/mol. The highest BCUT2D eigenvalue weighted by Crippen LogP contribution is 2.48. The minimum atomic E-state index is -3.57. The molecule has 3 saturated carbocycles. The number of rotatable bonds is 8. The van der Waals surface area contributed by atoms with E-state index in [1.165, 1.54) is 51.4 Å². The standard InChI is InChI=1S/C34H41F7O/c1-20-2-5-22(6-3-20)23-7-9-24(10-8-23)25-11-13-26(14-12-25)34(40,41)42-27-18-29(35)28(30(36)19-27)15-4-21-16-31(37)33(39)32(38)17-21/h16-20,22-26H,2-15H2,1H3. The van der Waals surface area contributed by atoms with Crippen LogP contribution in [-0.2, 0) is 12.8 Å². The van der Waals surface area contributed by atoms with Crippen LogP contribution in [0, 0.1) is 64.6 Å². The molecule has 3 fully saturated rings. The molecule has 0 aliphatic heterocycles. The van der Waals surface area contributed by atoms with Gasteiger partial charge in [0.25, 0.3) is 0 Å². The van der Waals surface area contributed by atoms with E-state index in [1.54, 1.807) is 0 Å². The highest BCUT2D eigenvalue weighted by molar-refractivity contribution is 5.32. The third-order valence-electron chi connectivity index (χ3n) is 10.5. The summed E-state index contributed by atoms with van der Waals surface area (Å²) in [6.45, 7) is 2.35. The lowest BCUT2D eigenvalue weighted by atomic mass is 9.65. The second-order valence-corrected chi connectivity index (χ2v) is 13.2. The van der Waals surface area contributed by atoms with Gasteiger partial charge in [-0.15, -0.1) is 0 Å². The van der Waals surface area contributed by atoms with E-state index in [0.29, 0.717) is 37.5 Å². The van der Waals surface area contributed by atoms with Gasteiger partial charge < -0.3 is 4.74 Å². The molecule has 0 saturated heterocycles. The van der Waals surface area contributed by atoms with Crippen molar-refractivity contribution in [3.8, 4) is 5.75 Å². The zero-order chi connectivity index (χ0) is 30.0. The summed E-state index contributed by atoms with van der Waals surface area (Å²) in [4.78, 5) is 0. The van der Waals surface area contributed by atoms with Gasteiger partial charge in [0.2, 0.25) is 0 Å². The smallest absolute Gasteiger partial charge is 0.400 e. The van der Waals surface area contributed by atoms with Crippen LogP contribution in [0.5, 0.6) is 5.75 Å². The maximum Gasteiger partial charge on any atom is 0.400 e. The summed E-state index contributed by atoms with van der Waals surface area (Å²) in [5.41, 5.74) is -0.413. The van der Waals surface area contributed by atoms with Crippen molar-refractivity contribution in [1.82, 2.24) is 0 Å². The lowest BCUT2D eigenvalue weighted by Crippen LogP contribution is -2.38. The fraction of sp³-hybridized carbons (Fsp3) is 0.647. The fourth-order valence-electron chi connectivity index (χ4n) is 7.91. The molecular formula is C34H41F7O. The molecule has 0 N–H and O–H groups in total. The van der Waals surface area contributed by atoms with Crippen LogP contribution in [0.3, 0.4) is 0 Å². The zero-order valence-corrected chi connectivity index (χ0v) is 24.2. The van der Waals surface area contributed by atoms with E-state index in [2.05, 4.69) is 6.92 Å². The largest absolute Gasteiger partial charge is 0.432 e. The van der Waals surface area contributed by atoms with Crippen molar-refractivity contribution in [2.24, 2.45) is 35.5 Å². The number of benzene rings is 2. The monoisotopic (exact) mass is 598 g/mol. The molecule has 0 spiro atoms. The molecule has 0 aromatic heterocycles. The second-order valence-electron chi connectivity index (χ2n) is 13.2. The molecule has 0 bridgehead atoms. The number of alkyl halides is 2. The van der Waals surface area contributed by atoms with Gasteiger partial charge in [-0.05, 0) is 124 Å². The topological polar surface area (TPSA) is 9.23 Å². The number of hydrogen-bond donors (Lipinski definition) is 0. The first-order valence-electron chi connectivity index (χ1n) is 15.7. The average Bonchev–Trinajstić information content (AvgIpc) is 2.96. The Morgan fingerprint density at radius 2 is 1.02 bits per heavy atom. The Bertz CT molecular complexity index is 1160. The molecule has 2 aromatic rings. The van der Waals surface area contributed by atoms with Gasteiger partial charge in [-0.2, -0.15) is 8.78 Å². The van der Waals surface area contributed by atoms with Crippen LogP contribution in [0.1, 0.15) is 95.1 Å². The summed E-state index contributed by atoms with van der Waals surface area (Å²) >= 11 is 0. The lowest BCUT2D eigenvalue weighted by Gasteiger charge is -2.41. The third kappa shape index (κ3) is 7.27. The highest BCUT2D eigenvalue weighted by Gasteiger charge is 2.45. The second kappa shape index (κ2) is 13.2. The SMILES string of the molecule is CC1CCC(C2CCC(C3CCC(C(F)(F)Oc4cc(F)c(CCc5cc(F)c(F)c(F)c5)c(F)c4)CC3)CC2)CC1. The predicted octanol–water partition coefficient (Wildman–Crippen LogP) is 10.6. The van der Waals surface area contributed by atoms with E-state index >= 15 is 8.78 Å². The molecule has 42 heavy (non-hydrogen) atoms. The molecule has 232 valence electrons. The zero-order valence-electron chi connectivity index (χ0n) is 24.2. The molecule has 0 atom stereocenters. The number of ether oxygens (including phenoxy) is 1. The van der Waals surface area contributed by atoms with Gasteiger partial charge in [-0.1, -0.05) is 19.8 Å². The summed E-state index contributed by atoms with van der Waals surface area (Å²) in [6, 6.07) is 2.94. The van der Waals surface area contributed by atoms with Crippen molar-refractivity contribution in [1.29, 1.82) is 0 Å². The van der Waals surface area contributed by atoms with E-state index in [-0.39, 0.29) is 18.4 Å². The number of aryl methyl sites for hydroxylation is 1. The summed E-state index contributed by atoms with van der Waals surface area (Å²) in [5.74, 6) is -4.66. The Balaban J connectivity index is 1.11.